The molecule has 5 nitrogen and oxygen atoms in total. The minimum Gasteiger partial charge on any atom is -0.334 e. The summed E-state index contributed by atoms with van der Waals surface area (Å²) in [7, 11) is 0. The molecule has 3 rings (SSSR count). The molecule has 0 bridgehead atoms. The monoisotopic (exact) mass is 326 g/mol. The van der Waals surface area contributed by atoms with Crippen LogP contribution in [0.4, 0.5) is 10.5 Å². The molecule has 1 aliphatic rings. The van der Waals surface area contributed by atoms with Gasteiger partial charge in [0.25, 0.3) is 0 Å². The predicted molar refractivity (Wildman–Crippen MR) is 96.3 cm³/mol. The molecule has 0 spiro atoms. The first-order valence-corrected chi connectivity index (χ1v) is 8.58. The lowest BCUT2D eigenvalue weighted by molar-refractivity contribution is 0.119. The topological polar surface area (TPSA) is 50.2 Å². The zero-order chi connectivity index (χ0) is 17.3. The summed E-state index contributed by atoms with van der Waals surface area (Å²) in [6, 6.07) is 6.00. The largest absolute Gasteiger partial charge is 0.334 e. The van der Waals surface area contributed by atoms with Gasteiger partial charge in [-0.15, -0.1) is 0 Å². The van der Waals surface area contributed by atoms with Crippen LogP contribution in [0.1, 0.15) is 36.7 Å². The van der Waals surface area contributed by atoms with Crippen LogP contribution >= 0.6 is 0 Å². The first kappa shape index (κ1) is 16.6. The van der Waals surface area contributed by atoms with Crippen molar-refractivity contribution in [2.24, 2.45) is 5.92 Å². The molecule has 2 amide bonds. The Morgan fingerprint density at radius 2 is 2.04 bits per heavy atom. The van der Waals surface area contributed by atoms with Crippen molar-refractivity contribution in [3.63, 3.8) is 0 Å². The molecule has 0 aliphatic carbocycles. The van der Waals surface area contributed by atoms with Gasteiger partial charge in [0.2, 0.25) is 0 Å². The molecule has 2 aromatic rings. The van der Waals surface area contributed by atoms with Gasteiger partial charge in [0.15, 0.2) is 0 Å². The molecule has 5 heteroatoms. The fourth-order valence-corrected chi connectivity index (χ4v) is 3.13. The molecule has 1 N–H and O–H groups in total. The summed E-state index contributed by atoms with van der Waals surface area (Å²) in [6.07, 6.45) is 3.89. The zero-order valence-corrected chi connectivity index (χ0v) is 14.9. The normalized spacial score (nSPS) is 14.8. The standard InChI is InChI=1S/C19H26N4O/c1-13(2)18-20-7-8-22(18)10-16-11-23(12-16)19(24)21-17-6-5-14(3)15(4)9-17/h5-9,13,16H,10-12H2,1-4H3,(H,21,24). The number of aryl methyl sites for hydroxylation is 2. The van der Waals surface area contributed by atoms with Crippen LogP contribution in [0.25, 0.3) is 0 Å². The lowest BCUT2D eigenvalue weighted by Gasteiger charge is -2.39. The second-order valence-corrected chi connectivity index (χ2v) is 7.09. The minimum atomic E-state index is -0.00998. The number of anilines is 1. The fourth-order valence-electron chi connectivity index (χ4n) is 3.13. The number of rotatable bonds is 4. The van der Waals surface area contributed by atoms with Crippen molar-refractivity contribution in [1.29, 1.82) is 0 Å². The molecule has 24 heavy (non-hydrogen) atoms. The van der Waals surface area contributed by atoms with E-state index in [4.69, 9.17) is 0 Å². The number of likely N-dealkylation sites (tertiary alicyclic amines) is 1. The summed E-state index contributed by atoms with van der Waals surface area (Å²) in [5, 5.41) is 2.99. The number of imidazole rings is 1. The molecule has 1 aromatic heterocycles. The van der Waals surface area contributed by atoms with Crippen LogP contribution in [0.5, 0.6) is 0 Å². The van der Waals surface area contributed by atoms with Crippen molar-refractivity contribution in [2.45, 2.75) is 40.2 Å². The van der Waals surface area contributed by atoms with Gasteiger partial charge < -0.3 is 14.8 Å². The van der Waals surface area contributed by atoms with Gasteiger partial charge in [0.1, 0.15) is 5.82 Å². The fraction of sp³-hybridized carbons (Fsp3) is 0.474. The molecule has 0 saturated carbocycles. The molecular weight excluding hydrogens is 300 g/mol. The Bertz CT molecular complexity index is 729. The average Bonchev–Trinajstić information content (AvgIpc) is 2.94. The summed E-state index contributed by atoms with van der Waals surface area (Å²) in [4.78, 5) is 18.6. The minimum absolute atomic E-state index is 0.00998. The Hall–Kier alpha value is -2.30. The highest BCUT2D eigenvalue weighted by Crippen LogP contribution is 2.22. The molecule has 1 aromatic carbocycles. The van der Waals surface area contributed by atoms with E-state index in [1.165, 1.54) is 11.1 Å². The lowest BCUT2D eigenvalue weighted by atomic mass is 10.0. The van der Waals surface area contributed by atoms with E-state index in [-0.39, 0.29) is 6.03 Å². The number of hydrogen-bond donors (Lipinski definition) is 1. The van der Waals surface area contributed by atoms with E-state index in [9.17, 15) is 4.79 Å². The van der Waals surface area contributed by atoms with Crippen molar-refractivity contribution >= 4 is 11.7 Å². The lowest BCUT2D eigenvalue weighted by Crippen LogP contribution is -2.53. The van der Waals surface area contributed by atoms with E-state index in [1.54, 1.807) is 0 Å². The van der Waals surface area contributed by atoms with Crippen LogP contribution in [0.3, 0.4) is 0 Å². The second-order valence-electron chi connectivity index (χ2n) is 7.09. The third kappa shape index (κ3) is 3.45. The quantitative estimate of drug-likeness (QED) is 0.929. The SMILES string of the molecule is Cc1ccc(NC(=O)N2CC(Cn3ccnc3C(C)C)C2)cc1C. The second kappa shape index (κ2) is 6.67. The van der Waals surface area contributed by atoms with Gasteiger partial charge in [-0.25, -0.2) is 9.78 Å². The average molecular weight is 326 g/mol. The summed E-state index contributed by atoms with van der Waals surface area (Å²) in [6.45, 7) is 11.0. The Labute approximate surface area is 143 Å². The molecule has 2 heterocycles. The van der Waals surface area contributed by atoms with Gasteiger partial charge >= 0.3 is 6.03 Å². The van der Waals surface area contributed by atoms with Crippen molar-refractivity contribution in [1.82, 2.24) is 14.5 Å². The van der Waals surface area contributed by atoms with E-state index < -0.39 is 0 Å². The Morgan fingerprint density at radius 1 is 1.29 bits per heavy atom. The third-order valence-corrected chi connectivity index (χ3v) is 4.72. The van der Waals surface area contributed by atoms with Crippen LogP contribution in [0, 0.1) is 19.8 Å². The van der Waals surface area contributed by atoms with Crippen molar-refractivity contribution in [3.05, 3.63) is 47.5 Å². The van der Waals surface area contributed by atoms with E-state index in [1.807, 2.05) is 35.5 Å². The zero-order valence-electron chi connectivity index (χ0n) is 14.9. The summed E-state index contributed by atoms with van der Waals surface area (Å²) >= 11 is 0. The van der Waals surface area contributed by atoms with Crippen LogP contribution in [0.2, 0.25) is 0 Å². The van der Waals surface area contributed by atoms with Gasteiger partial charge in [0, 0.05) is 49.6 Å². The third-order valence-electron chi connectivity index (χ3n) is 4.72. The van der Waals surface area contributed by atoms with Crippen molar-refractivity contribution in [3.8, 4) is 0 Å². The van der Waals surface area contributed by atoms with Crippen LogP contribution in [-0.2, 0) is 6.54 Å². The Kier molecular flexibility index (Phi) is 4.60. The van der Waals surface area contributed by atoms with Crippen LogP contribution < -0.4 is 5.32 Å². The molecular formula is C19H26N4O. The summed E-state index contributed by atoms with van der Waals surface area (Å²) in [5.41, 5.74) is 3.29. The van der Waals surface area contributed by atoms with Gasteiger partial charge in [-0.05, 0) is 37.1 Å². The summed E-state index contributed by atoms with van der Waals surface area (Å²) < 4.78 is 2.22. The highest BCUT2D eigenvalue weighted by Gasteiger charge is 2.31. The molecule has 0 unspecified atom stereocenters. The van der Waals surface area contributed by atoms with Crippen molar-refractivity contribution < 1.29 is 4.79 Å². The van der Waals surface area contributed by atoms with E-state index >= 15 is 0 Å². The predicted octanol–water partition coefficient (Wildman–Crippen LogP) is 3.79. The number of nitrogens with zero attached hydrogens (tertiary/aromatic N) is 3. The molecule has 1 fully saturated rings. The number of carbonyl (C=O) groups excluding carboxylic acids is 1. The number of benzene rings is 1. The van der Waals surface area contributed by atoms with Gasteiger partial charge in [-0.3, -0.25) is 0 Å². The number of carbonyl (C=O) groups is 1. The van der Waals surface area contributed by atoms with E-state index in [0.29, 0.717) is 11.8 Å². The number of amides is 2. The van der Waals surface area contributed by atoms with E-state index in [0.717, 1.165) is 31.1 Å². The smallest absolute Gasteiger partial charge is 0.321 e. The highest BCUT2D eigenvalue weighted by atomic mass is 16.2. The molecule has 1 saturated heterocycles. The molecule has 0 radical (unpaired) electrons. The molecule has 1 aliphatic heterocycles. The maximum Gasteiger partial charge on any atom is 0.321 e. The maximum absolute atomic E-state index is 12.3. The number of urea groups is 1. The van der Waals surface area contributed by atoms with Gasteiger partial charge in [0.05, 0.1) is 0 Å². The summed E-state index contributed by atoms with van der Waals surface area (Å²) in [5.74, 6) is 2.04. The van der Waals surface area contributed by atoms with Gasteiger partial charge in [-0.1, -0.05) is 19.9 Å². The number of hydrogen-bond acceptors (Lipinski definition) is 2. The van der Waals surface area contributed by atoms with Gasteiger partial charge in [-0.2, -0.15) is 0 Å². The number of aromatic nitrogens is 2. The Balaban J connectivity index is 1.51. The number of nitrogens with one attached hydrogen (secondary N) is 1. The maximum atomic E-state index is 12.3. The van der Waals surface area contributed by atoms with Crippen molar-refractivity contribution in [2.75, 3.05) is 18.4 Å². The molecule has 128 valence electrons. The first-order chi connectivity index (χ1) is 11.4. The molecule has 0 atom stereocenters. The Morgan fingerprint density at radius 3 is 2.71 bits per heavy atom. The first-order valence-electron chi connectivity index (χ1n) is 8.58. The van der Waals surface area contributed by atoms with Crippen LogP contribution in [-0.4, -0.2) is 33.6 Å². The van der Waals surface area contributed by atoms with Crippen LogP contribution in [0.15, 0.2) is 30.6 Å². The van der Waals surface area contributed by atoms with E-state index in [2.05, 4.69) is 42.6 Å². The highest BCUT2D eigenvalue weighted by molar-refractivity contribution is 5.90.